The molecule has 1 aromatic carbocycles. The molecule has 0 atom stereocenters. The van der Waals surface area contributed by atoms with Crippen LogP contribution in [0.2, 0.25) is 0 Å². The van der Waals surface area contributed by atoms with Crippen molar-refractivity contribution in [2.75, 3.05) is 30.8 Å². The molecule has 0 fully saturated rings. The Morgan fingerprint density at radius 2 is 2.11 bits per heavy atom. The maximum absolute atomic E-state index is 5.83. The van der Waals surface area contributed by atoms with Crippen molar-refractivity contribution in [2.45, 2.75) is 20.0 Å². The van der Waals surface area contributed by atoms with E-state index in [2.05, 4.69) is 14.9 Å². The minimum atomic E-state index is 0.242. The lowest BCUT2D eigenvalue weighted by Crippen LogP contribution is -2.25. The van der Waals surface area contributed by atoms with Crippen LogP contribution < -0.4 is 10.6 Å². The first kappa shape index (κ1) is 13.5. The van der Waals surface area contributed by atoms with Crippen molar-refractivity contribution in [3.63, 3.8) is 0 Å². The number of rotatable bonds is 5. The third-order valence-electron chi connectivity index (χ3n) is 2.88. The maximum atomic E-state index is 5.83. The van der Waals surface area contributed by atoms with Gasteiger partial charge in [0, 0.05) is 24.7 Å². The zero-order valence-corrected chi connectivity index (χ0v) is 11.6. The van der Waals surface area contributed by atoms with Crippen molar-refractivity contribution in [3.8, 4) is 0 Å². The summed E-state index contributed by atoms with van der Waals surface area (Å²) in [4.78, 5) is 10.7. The molecule has 2 rings (SSSR count). The number of fused-ring (bicyclic) bond motifs is 1. The summed E-state index contributed by atoms with van der Waals surface area (Å²) in [5.74, 6) is 0.879. The van der Waals surface area contributed by atoms with Crippen LogP contribution in [0.3, 0.4) is 0 Å². The largest absolute Gasteiger partial charge is 0.399 e. The van der Waals surface area contributed by atoms with E-state index in [1.54, 1.807) is 6.33 Å². The third-order valence-corrected chi connectivity index (χ3v) is 2.88. The molecule has 5 nitrogen and oxygen atoms in total. The second-order valence-corrected chi connectivity index (χ2v) is 4.81. The summed E-state index contributed by atoms with van der Waals surface area (Å²) in [5.41, 5.74) is 7.45. The standard InChI is InChI=1S/C14H20N4O/c1-10(2)19-7-6-18(3)14-12-8-11(15)4-5-13(12)16-9-17-14/h4-5,8-10H,6-7,15H2,1-3H3. The van der Waals surface area contributed by atoms with Crippen LogP contribution in [0, 0.1) is 0 Å². The Kier molecular flexibility index (Phi) is 4.16. The van der Waals surface area contributed by atoms with Gasteiger partial charge in [0.1, 0.15) is 12.1 Å². The first-order valence-corrected chi connectivity index (χ1v) is 6.41. The van der Waals surface area contributed by atoms with E-state index in [9.17, 15) is 0 Å². The number of nitrogen functional groups attached to an aromatic ring is 1. The number of hydrogen-bond donors (Lipinski definition) is 1. The molecule has 0 bridgehead atoms. The van der Waals surface area contributed by atoms with Crippen LogP contribution in [0.15, 0.2) is 24.5 Å². The Hall–Kier alpha value is -1.88. The molecule has 5 heteroatoms. The summed E-state index contributed by atoms with van der Waals surface area (Å²) in [6.07, 6.45) is 1.82. The van der Waals surface area contributed by atoms with Gasteiger partial charge in [0.2, 0.25) is 0 Å². The molecular formula is C14H20N4O. The highest BCUT2D eigenvalue weighted by Crippen LogP contribution is 2.23. The molecule has 1 heterocycles. The highest BCUT2D eigenvalue weighted by molar-refractivity contribution is 5.91. The predicted molar refractivity (Wildman–Crippen MR) is 78.3 cm³/mol. The fraction of sp³-hybridized carbons (Fsp3) is 0.429. The molecule has 0 amide bonds. The minimum Gasteiger partial charge on any atom is -0.399 e. The Morgan fingerprint density at radius 1 is 1.32 bits per heavy atom. The molecule has 102 valence electrons. The van der Waals surface area contributed by atoms with E-state index in [1.165, 1.54) is 0 Å². The van der Waals surface area contributed by atoms with Gasteiger partial charge in [-0.2, -0.15) is 0 Å². The smallest absolute Gasteiger partial charge is 0.139 e. The summed E-state index contributed by atoms with van der Waals surface area (Å²) >= 11 is 0. The third kappa shape index (κ3) is 3.32. The van der Waals surface area contributed by atoms with Crippen LogP contribution >= 0.6 is 0 Å². The fourth-order valence-electron chi connectivity index (χ4n) is 1.90. The van der Waals surface area contributed by atoms with Gasteiger partial charge in [0.05, 0.1) is 18.2 Å². The van der Waals surface area contributed by atoms with E-state index in [0.29, 0.717) is 6.61 Å². The van der Waals surface area contributed by atoms with Crippen molar-refractivity contribution in [2.24, 2.45) is 0 Å². The van der Waals surface area contributed by atoms with Crippen LogP contribution in [-0.4, -0.2) is 36.3 Å². The number of nitrogens with two attached hydrogens (primary N) is 1. The molecule has 0 aliphatic rings. The number of hydrogen-bond acceptors (Lipinski definition) is 5. The lowest BCUT2D eigenvalue weighted by atomic mass is 10.2. The molecular weight excluding hydrogens is 240 g/mol. The lowest BCUT2D eigenvalue weighted by Gasteiger charge is -2.20. The Bertz CT molecular complexity index is 556. The molecule has 2 aromatic rings. The Balaban J connectivity index is 2.21. The van der Waals surface area contributed by atoms with Gasteiger partial charge in [-0.05, 0) is 32.0 Å². The quantitative estimate of drug-likeness (QED) is 0.834. The van der Waals surface area contributed by atoms with Crippen molar-refractivity contribution >= 4 is 22.4 Å². The van der Waals surface area contributed by atoms with Crippen molar-refractivity contribution in [3.05, 3.63) is 24.5 Å². The van der Waals surface area contributed by atoms with Gasteiger partial charge in [-0.15, -0.1) is 0 Å². The maximum Gasteiger partial charge on any atom is 0.139 e. The number of anilines is 2. The molecule has 2 N–H and O–H groups in total. The number of likely N-dealkylation sites (N-methyl/N-ethyl adjacent to an activating group) is 1. The first-order chi connectivity index (χ1) is 9.08. The highest BCUT2D eigenvalue weighted by Gasteiger charge is 2.09. The average molecular weight is 260 g/mol. The number of ether oxygens (including phenoxy) is 1. The van der Waals surface area contributed by atoms with E-state index in [1.807, 2.05) is 39.1 Å². The van der Waals surface area contributed by atoms with E-state index < -0.39 is 0 Å². The monoisotopic (exact) mass is 260 g/mol. The zero-order valence-electron chi connectivity index (χ0n) is 11.6. The van der Waals surface area contributed by atoms with E-state index in [4.69, 9.17) is 10.5 Å². The van der Waals surface area contributed by atoms with Gasteiger partial charge in [-0.25, -0.2) is 9.97 Å². The van der Waals surface area contributed by atoms with Gasteiger partial charge in [0.15, 0.2) is 0 Å². The van der Waals surface area contributed by atoms with E-state index in [0.717, 1.165) is 29.0 Å². The van der Waals surface area contributed by atoms with Crippen LogP contribution in [0.4, 0.5) is 11.5 Å². The average Bonchev–Trinajstić information content (AvgIpc) is 2.37. The molecule has 0 unspecified atom stereocenters. The highest BCUT2D eigenvalue weighted by atomic mass is 16.5. The molecule has 1 aromatic heterocycles. The van der Waals surface area contributed by atoms with Crippen molar-refractivity contribution in [1.82, 2.24) is 9.97 Å². The van der Waals surface area contributed by atoms with Crippen LogP contribution in [-0.2, 0) is 4.74 Å². The second-order valence-electron chi connectivity index (χ2n) is 4.81. The zero-order chi connectivity index (χ0) is 13.8. The van der Waals surface area contributed by atoms with Crippen molar-refractivity contribution < 1.29 is 4.74 Å². The molecule has 0 radical (unpaired) electrons. The van der Waals surface area contributed by atoms with Gasteiger partial charge in [0.25, 0.3) is 0 Å². The molecule has 0 spiro atoms. The van der Waals surface area contributed by atoms with Gasteiger partial charge in [-0.3, -0.25) is 0 Å². The summed E-state index contributed by atoms with van der Waals surface area (Å²) < 4.78 is 5.56. The molecule has 0 aliphatic heterocycles. The number of aromatic nitrogens is 2. The SMILES string of the molecule is CC(C)OCCN(C)c1ncnc2ccc(N)cc12. The van der Waals surface area contributed by atoms with E-state index >= 15 is 0 Å². The Labute approximate surface area is 113 Å². The summed E-state index contributed by atoms with van der Waals surface area (Å²) in [6, 6.07) is 5.67. The predicted octanol–water partition coefficient (Wildman–Crippen LogP) is 2.07. The lowest BCUT2D eigenvalue weighted by molar-refractivity contribution is 0.0845. The topological polar surface area (TPSA) is 64.3 Å². The molecule has 19 heavy (non-hydrogen) atoms. The van der Waals surface area contributed by atoms with Gasteiger partial charge < -0.3 is 15.4 Å². The van der Waals surface area contributed by atoms with Crippen LogP contribution in [0.5, 0.6) is 0 Å². The molecule has 0 aliphatic carbocycles. The molecule has 0 saturated heterocycles. The number of nitrogens with zero attached hydrogens (tertiary/aromatic N) is 3. The van der Waals surface area contributed by atoms with Gasteiger partial charge >= 0.3 is 0 Å². The second kappa shape index (κ2) is 5.84. The summed E-state index contributed by atoms with van der Waals surface area (Å²) in [7, 11) is 1.99. The van der Waals surface area contributed by atoms with Crippen LogP contribution in [0.25, 0.3) is 10.9 Å². The number of benzene rings is 1. The summed E-state index contributed by atoms with van der Waals surface area (Å²) in [5, 5.41) is 0.967. The first-order valence-electron chi connectivity index (χ1n) is 6.41. The minimum absolute atomic E-state index is 0.242. The van der Waals surface area contributed by atoms with Gasteiger partial charge in [-0.1, -0.05) is 0 Å². The normalized spacial score (nSPS) is 11.2. The molecule has 0 saturated carbocycles. The van der Waals surface area contributed by atoms with E-state index in [-0.39, 0.29) is 6.10 Å². The summed E-state index contributed by atoms with van der Waals surface area (Å²) in [6.45, 7) is 5.50. The Morgan fingerprint density at radius 3 is 2.84 bits per heavy atom. The van der Waals surface area contributed by atoms with Crippen molar-refractivity contribution in [1.29, 1.82) is 0 Å². The fourth-order valence-corrected chi connectivity index (χ4v) is 1.90. The van der Waals surface area contributed by atoms with Crippen LogP contribution in [0.1, 0.15) is 13.8 Å².